The number of morpholine rings is 1. The zero-order valence-electron chi connectivity index (χ0n) is 11.1. The highest BCUT2D eigenvalue weighted by Crippen LogP contribution is 2.31. The standard InChI is InChI=1S/C14H18BrN3O2/c15-11-7-9(16)1-4-12(11)18-5-6-20-8-13(18)14(19)17-10-2-3-10/h1,4,7,10,13H,2-3,5-6,8,16H2,(H,17,19). The number of hydrogen-bond donors (Lipinski definition) is 2. The van der Waals surface area contributed by atoms with Gasteiger partial charge in [0.05, 0.1) is 18.9 Å². The van der Waals surface area contributed by atoms with Gasteiger partial charge in [0.15, 0.2) is 0 Å². The summed E-state index contributed by atoms with van der Waals surface area (Å²) in [6.07, 6.45) is 2.18. The van der Waals surface area contributed by atoms with Gasteiger partial charge in [-0.3, -0.25) is 4.79 Å². The predicted molar refractivity (Wildman–Crippen MR) is 81.7 cm³/mol. The molecule has 0 spiro atoms. The molecule has 6 heteroatoms. The number of ether oxygens (including phenoxy) is 1. The van der Waals surface area contributed by atoms with Gasteiger partial charge in [-0.05, 0) is 47.0 Å². The summed E-state index contributed by atoms with van der Waals surface area (Å²) in [5, 5.41) is 3.05. The van der Waals surface area contributed by atoms with Crippen LogP contribution in [0.1, 0.15) is 12.8 Å². The van der Waals surface area contributed by atoms with E-state index in [1.54, 1.807) is 0 Å². The average Bonchev–Trinajstić information content (AvgIpc) is 3.23. The van der Waals surface area contributed by atoms with Crippen LogP contribution in [0, 0.1) is 0 Å². The molecule has 3 N–H and O–H groups in total. The molecular formula is C14H18BrN3O2. The molecule has 1 saturated heterocycles. The maximum Gasteiger partial charge on any atom is 0.245 e. The van der Waals surface area contributed by atoms with Crippen molar-refractivity contribution in [3.05, 3.63) is 22.7 Å². The first kappa shape index (κ1) is 13.7. The van der Waals surface area contributed by atoms with Gasteiger partial charge in [-0.25, -0.2) is 0 Å². The predicted octanol–water partition coefficient (Wildman–Crippen LogP) is 1.52. The van der Waals surface area contributed by atoms with Gasteiger partial charge >= 0.3 is 0 Å². The summed E-state index contributed by atoms with van der Waals surface area (Å²) < 4.78 is 6.38. The Balaban J connectivity index is 1.81. The molecule has 0 radical (unpaired) electrons. The second-order valence-corrected chi connectivity index (χ2v) is 6.13. The fourth-order valence-electron chi connectivity index (χ4n) is 2.39. The monoisotopic (exact) mass is 339 g/mol. The quantitative estimate of drug-likeness (QED) is 0.819. The van der Waals surface area contributed by atoms with Crippen molar-refractivity contribution in [2.45, 2.75) is 24.9 Å². The van der Waals surface area contributed by atoms with Gasteiger partial charge in [-0.1, -0.05) is 0 Å². The Bertz CT molecular complexity index is 519. The van der Waals surface area contributed by atoms with E-state index >= 15 is 0 Å². The SMILES string of the molecule is Nc1ccc(N2CCOCC2C(=O)NC2CC2)c(Br)c1. The molecule has 2 fully saturated rings. The molecule has 1 unspecified atom stereocenters. The Kier molecular flexibility index (Phi) is 3.85. The number of anilines is 2. The number of carbonyl (C=O) groups is 1. The molecule has 1 aromatic carbocycles. The van der Waals surface area contributed by atoms with Crippen LogP contribution in [0.2, 0.25) is 0 Å². The molecule has 1 aliphatic heterocycles. The molecule has 0 bridgehead atoms. The van der Waals surface area contributed by atoms with Crippen molar-refractivity contribution in [2.75, 3.05) is 30.4 Å². The number of amides is 1. The van der Waals surface area contributed by atoms with E-state index in [1.807, 2.05) is 18.2 Å². The van der Waals surface area contributed by atoms with E-state index in [2.05, 4.69) is 26.1 Å². The highest BCUT2D eigenvalue weighted by Gasteiger charge is 2.33. The smallest absolute Gasteiger partial charge is 0.245 e. The highest BCUT2D eigenvalue weighted by molar-refractivity contribution is 9.10. The summed E-state index contributed by atoms with van der Waals surface area (Å²) in [6.45, 7) is 1.75. The van der Waals surface area contributed by atoms with Gasteiger partial charge in [0.25, 0.3) is 0 Å². The molecule has 108 valence electrons. The second-order valence-electron chi connectivity index (χ2n) is 5.28. The van der Waals surface area contributed by atoms with Crippen molar-refractivity contribution in [1.82, 2.24) is 5.32 Å². The van der Waals surface area contributed by atoms with Gasteiger partial charge in [0.2, 0.25) is 5.91 Å². The zero-order chi connectivity index (χ0) is 14.1. The third kappa shape index (κ3) is 2.91. The lowest BCUT2D eigenvalue weighted by Crippen LogP contribution is -2.54. The van der Waals surface area contributed by atoms with Crippen LogP contribution in [-0.2, 0) is 9.53 Å². The van der Waals surface area contributed by atoms with Crippen molar-refractivity contribution in [3.63, 3.8) is 0 Å². The van der Waals surface area contributed by atoms with Crippen LogP contribution in [0.5, 0.6) is 0 Å². The Hall–Kier alpha value is -1.27. The van der Waals surface area contributed by atoms with E-state index in [0.29, 0.717) is 31.5 Å². The largest absolute Gasteiger partial charge is 0.399 e. The molecule has 1 saturated carbocycles. The van der Waals surface area contributed by atoms with E-state index in [4.69, 9.17) is 10.5 Å². The van der Waals surface area contributed by atoms with Crippen molar-refractivity contribution < 1.29 is 9.53 Å². The minimum absolute atomic E-state index is 0.0518. The summed E-state index contributed by atoms with van der Waals surface area (Å²) >= 11 is 3.53. The van der Waals surface area contributed by atoms with Crippen LogP contribution >= 0.6 is 15.9 Å². The fourth-order valence-corrected chi connectivity index (χ4v) is 3.01. The number of benzene rings is 1. The van der Waals surface area contributed by atoms with Crippen LogP contribution in [0.15, 0.2) is 22.7 Å². The molecule has 2 aliphatic rings. The Morgan fingerprint density at radius 1 is 1.45 bits per heavy atom. The van der Waals surface area contributed by atoms with Crippen LogP contribution in [0.4, 0.5) is 11.4 Å². The minimum atomic E-state index is -0.274. The van der Waals surface area contributed by atoms with E-state index in [9.17, 15) is 4.79 Å². The second kappa shape index (κ2) is 5.61. The molecule has 20 heavy (non-hydrogen) atoms. The summed E-state index contributed by atoms with van der Waals surface area (Å²) in [5.74, 6) is 0.0518. The normalized spacial score (nSPS) is 22.6. The van der Waals surface area contributed by atoms with Gasteiger partial charge in [-0.15, -0.1) is 0 Å². The van der Waals surface area contributed by atoms with Crippen LogP contribution in [-0.4, -0.2) is 37.7 Å². The number of rotatable bonds is 3. The lowest BCUT2D eigenvalue weighted by molar-refractivity contribution is -0.124. The number of carbonyl (C=O) groups excluding carboxylic acids is 1. The summed E-state index contributed by atoms with van der Waals surface area (Å²) in [6, 6.07) is 5.75. The number of nitrogens with zero attached hydrogens (tertiary/aromatic N) is 1. The summed E-state index contributed by atoms with van der Waals surface area (Å²) in [7, 11) is 0. The topological polar surface area (TPSA) is 67.6 Å². The maximum absolute atomic E-state index is 12.3. The molecule has 3 rings (SSSR count). The lowest BCUT2D eigenvalue weighted by atomic mass is 10.1. The maximum atomic E-state index is 12.3. The Labute approximate surface area is 126 Å². The van der Waals surface area contributed by atoms with Gasteiger partial charge in [0, 0.05) is 22.7 Å². The first-order valence-corrected chi connectivity index (χ1v) is 7.64. The molecule has 5 nitrogen and oxygen atoms in total. The van der Waals surface area contributed by atoms with E-state index in [1.165, 1.54) is 0 Å². The molecular weight excluding hydrogens is 322 g/mol. The van der Waals surface area contributed by atoms with E-state index in [-0.39, 0.29) is 11.9 Å². The van der Waals surface area contributed by atoms with Crippen molar-refractivity contribution in [1.29, 1.82) is 0 Å². The first-order valence-electron chi connectivity index (χ1n) is 6.85. The zero-order valence-corrected chi connectivity index (χ0v) is 12.7. The lowest BCUT2D eigenvalue weighted by Gasteiger charge is -2.37. The Morgan fingerprint density at radius 3 is 2.95 bits per heavy atom. The number of nitrogen functional groups attached to an aromatic ring is 1. The third-order valence-electron chi connectivity index (χ3n) is 3.64. The van der Waals surface area contributed by atoms with Crippen molar-refractivity contribution >= 4 is 33.2 Å². The molecule has 0 aromatic heterocycles. The van der Waals surface area contributed by atoms with Crippen LogP contribution in [0.3, 0.4) is 0 Å². The fraction of sp³-hybridized carbons (Fsp3) is 0.500. The van der Waals surface area contributed by atoms with Crippen LogP contribution in [0.25, 0.3) is 0 Å². The molecule has 1 heterocycles. The number of halogens is 1. The summed E-state index contributed by atoms with van der Waals surface area (Å²) in [5.41, 5.74) is 7.46. The molecule has 1 aromatic rings. The van der Waals surface area contributed by atoms with Gasteiger partial charge < -0.3 is 20.7 Å². The van der Waals surface area contributed by atoms with Gasteiger partial charge in [-0.2, -0.15) is 0 Å². The first-order chi connectivity index (χ1) is 9.65. The number of nitrogens with two attached hydrogens (primary N) is 1. The van der Waals surface area contributed by atoms with E-state index in [0.717, 1.165) is 23.0 Å². The minimum Gasteiger partial charge on any atom is -0.399 e. The van der Waals surface area contributed by atoms with E-state index < -0.39 is 0 Å². The highest BCUT2D eigenvalue weighted by atomic mass is 79.9. The van der Waals surface area contributed by atoms with Gasteiger partial charge in [0.1, 0.15) is 6.04 Å². The molecule has 1 amide bonds. The summed E-state index contributed by atoms with van der Waals surface area (Å²) in [4.78, 5) is 14.4. The van der Waals surface area contributed by atoms with Crippen LogP contribution < -0.4 is 16.0 Å². The average molecular weight is 340 g/mol. The number of nitrogens with one attached hydrogen (secondary N) is 1. The third-order valence-corrected chi connectivity index (χ3v) is 4.27. The van der Waals surface area contributed by atoms with Crippen molar-refractivity contribution in [2.24, 2.45) is 0 Å². The molecule has 1 aliphatic carbocycles. The number of hydrogen-bond acceptors (Lipinski definition) is 4. The van der Waals surface area contributed by atoms with Crippen molar-refractivity contribution in [3.8, 4) is 0 Å². The Morgan fingerprint density at radius 2 is 2.25 bits per heavy atom. The molecule has 1 atom stereocenters.